The summed E-state index contributed by atoms with van der Waals surface area (Å²) < 4.78 is 23.9. The molecule has 0 amide bonds. The summed E-state index contributed by atoms with van der Waals surface area (Å²) in [7, 11) is -3.05. The Kier molecular flexibility index (Phi) is 7.52. The van der Waals surface area contributed by atoms with Gasteiger partial charge in [-0.05, 0) is 51.8 Å². The Morgan fingerprint density at radius 3 is 2.48 bits per heavy atom. The van der Waals surface area contributed by atoms with Crippen molar-refractivity contribution >= 4 is 21.5 Å². The van der Waals surface area contributed by atoms with E-state index in [0.717, 1.165) is 51.8 Å². The molecule has 2 saturated heterocycles. The standard InChI is InChI=1S/C23H39N5O2S/c1-6-24-22(28-16-17-31(29,30)23(4,5)18-28)25-10-11-26-12-14-27(15-13-26)21-9-7-8-19(2)20(21)3/h7-9H,6,10-18H2,1-5H3,(H,24,25). The van der Waals surface area contributed by atoms with Crippen LogP contribution in [0.3, 0.4) is 0 Å². The first-order chi connectivity index (χ1) is 14.6. The van der Waals surface area contributed by atoms with E-state index in [1.807, 2.05) is 20.8 Å². The van der Waals surface area contributed by atoms with Gasteiger partial charge in [-0.2, -0.15) is 0 Å². The summed E-state index contributed by atoms with van der Waals surface area (Å²) in [6, 6.07) is 6.55. The number of hydrogen-bond donors (Lipinski definition) is 1. The smallest absolute Gasteiger partial charge is 0.194 e. The van der Waals surface area contributed by atoms with Crippen LogP contribution in [0.2, 0.25) is 0 Å². The summed E-state index contributed by atoms with van der Waals surface area (Å²) in [5.41, 5.74) is 4.08. The quantitative estimate of drug-likeness (QED) is 0.547. The molecule has 8 heteroatoms. The SMILES string of the molecule is CCNC(=NCCN1CCN(c2cccc(C)c2C)CC1)N1CCS(=O)(=O)C(C)(C)C1. The Labute approximate surface area is 188 Å². The van der Waals surface area contributed by atoms with Crippen molar-refractivity contribution in [3.05, 3.63) is 29.3 Å². The van der Waals surface area contributed by atoms with Crippen molar-refractivity contribution in [3.8, 4) is 0 Å². The molecule has 3 rings (SSSR count). The highest BCUT2D eigenvalue weighted by Gasteiger charge is 2.40. The van der Waals surface area contributed by atoms with E-state index in [1.54, 1.807) is 0 Å². The Balaban J connectivity index is 1.54. The summed E-state index contributed by atoms with van der Waals surface area (Å²) in [5.74, 6) is 1.02. The van der Waals surface area contributed by atoms with E-state index in [2.05, 4.69) is 52.1 Å². The second-order valence-electron chi connectivity index (χ2n) is 9.28. The largest absolute Gasteiger partial charge is 0.369 e. The van der Waals surface area contributed by atoms with Gasteiger partial charge in [-0.25, -0.2) is 8.42 Å². The normalized spacial score (nSPS) is 21.9. The van der Waals surface area contributed by atoms with Crippen molar-refractivity contribution in [3.63, 3.8) is 0 Å². The van der Waals surface area contributed by atoms with Crippen LogP contribution in [0.1, 0.15) is 31.9 Å². The van der Waals surface area contributed by atoms with E-state index >= 15 is 0 Å². The summed E-state index contributed by atoms with van der Waals surface area (Å²) >= 11 is 0. The fraction of sp³-hybridized carbons (Fsp3) is 0.696. The van der Waals surface area contributed by atoms with Gasteiger partial charge in [0.15, 0.2) is 15.8 Å². The van der Waals surface area contributed by atoms with E-state index in [4.69, 9.17) is 4.99 Å². The van der Waals surface area contributed by atoms with Crippen LogP contribution in [0.4, 0.5) is 5.69 Å². The first-order valence-electron chi connectivity index (χ1n) is 11.4. The molecule has 0 atom stereocenters. The lowest BCUT2D eigenvalue weighted by Gasteiger charge is -2.39. The number of aryl methyl sites for hydroxylation is 1. The van der Waals surface area contributed by atoms with Crippen molar-refractivity contribution < 1.29 is 8.42 Å². The van der Waals surface area contributed by atoms with Gasteiger partial charge in [-0.3, -0.25) is 9.89 Å². The molecule has 0 aliphatic carbocycles. The van der Waals surface area contributed by atoms with Crippen molar-refractivity contribution in [2.75, 3.05) is 69.6 Å². The second-order valence-corrected chi connectivity index (χ2v) is 12.0. The highest BCUT2D eigenvalue weighted by Crippen LogP contribution is 2.25. The molecule has 1 aromatic carbocycles. The third-order valence-corrected chi connectivity index (χ3v) is 9.18. The van der Waals surface area contributed by atoms with Gasteiger partial charge in [0, 0.05) is 58.0 Å². The zero-order valence-electron chi connectivity index (χ0n) is 19.8. The van der Waals surface area contributed by atoms with Crippen LogP contribution in [0.25, 0.3) is 0 Å². The lowest BCUT2D eigenvalue weighted by atomic mass is 10.1. The molecule has 31 heavy (non-hydrogen) atoms. The molecule has 0 aromatic heterocycles. The van der Waals surface area contributed by atoms with Crippen molar-refractivity contribution in [2.24, 2.45) is 4.99 Å². The molecule has 2 heterocycles. The maximum atomic E-state index is 12.3. The minimum Gasteiger partial charge on any atom is -0.369 e. The van der Waals surface area contributed by atoms with Crippen LogP contribution in [-0.4, -0.2) is 93.6 Å². The number of anilines is 1. The van der Waals surface area contributed by atoms with Gasteiger partial charge in [0.1, 0.15) is 0 Å². The number of hydrogen-bond acceptors (Lipinski definition) is 5. The Bertz CT molecular complexity index is 889. The van der Waals surface area contributed by atoms with Gasteiger partial charge in [0.2, 0.25) is 0 Å². The van der Waals surface area contributed by atoms with E-state index in [-0.39, 0.29) is 5.75 Å². The van der Waals surface area contributed by atoms with E-state index in [9.17, 15) is 8.42 Å². The van der Waals surface area contributed by atoms with Crippen LogP contribution in [-0.2, 0) is 9.84 Å². The summed E-state index contributed by atoms with van der Waals surface area (Å²) in [6.45, 7) is 17.6. The van der Waals surface area contributed by atoms with Crippen molar-refractivity contribution in [2.45, 2.75) is 39.4 Å². The minimum absolute atomic E-state index is 0.185. The van der Waals surface area contributed by atoms with Gasteiger partial charge in [-0.15, -0.1) is 0 Å². The zero-order chi connectivity index (χ0) is 22.6. The van der Waals surface area contributed by atoms with Crippen molar-refractivity contribution in [1.29, 1.82) is 0 Å². The van der Waals surface area contributed by atoms with Crippen LogP contribution in [0, 0.1) is 13.8 Å². The number of sulfone groups is 1. The average Bonchev–Trinajstić information content (AvgIpc) is 2.72. The minimum atomic E-state index is -3.05. The third kappa shape index (κ3) is 5.52. The molecule has 0 bridgehead atoms. The average molecular weight is 450 g/mol. The first kappa shape index (κ1) is 23.9. The number of aliphatic imine (C=N–C) groups is 1. The summed E-state index contributed by atoms with van der Waals surface area (Å²) in [5, 5.41) is 3.35. The Morgan fingerprint density at radius 2 is 1.84 bits per heavy atom. The first-order valence-corrected chi connectivity index (χ1v) is 13.1. The predicted octanol–water partition coefficient (Wildman–Crippen LogP) is 1.90. The molecule has 2 aliphatic rings. The van der Waals surface area contributed by atoms with Gasteiger partial charge in [0.25, 0.3) is 0 Å². The summed E-state index contributed by atoms with van der Waals surface area (Å²) in [6.07, 6.45) is 0. The van der Waals surface area contributed by atoms with Crippen molar-refractivity contribution in [1.82, 2.24) is 15.1 Å². The fourth-order valence-electron chi connectivity index (χ4n) is 4.34. The molecule has 174 valence electrons. The summed E-state index contributed by atoms with van der Waals surface area (Å²) in [4.78, 5) is 11.9. The Morgan fingerprint density at radius 1 is 1.13 bits per heavy atom. The molecule has 0 unspecified atom stereocenters. The van der Waals surface area contributed by atoms with Gasteiger partial charge in [0.05, 0.1) is 17.0 Å². The molecule has 7 nitrogen and oxygen atoms in total. The van der Waals surface area contributed by atoms with E-state index in [0.29, 0.717) is 13.1 Å². The Hall–Kier alpha value is -1.80. The van der Waals surface area contributed by atoms with E-state index in [1.165, 1.54) is 16.8 Å². The molecule has 0 spiro atoms. The van der Waals surface area contributed by atoms with Gasteiger partial charge < -0.3 is 15.1 Å². The molecular formula is C23H39N5O2S. The monoisotopic (exact) mass is 449 g/mol. The molecule has 1 N–H and O–H groups in total. The number of nitrogens with one attached hydrogen (secondary N) is 1. The number of piperazine rings is 1. The maximum Gasteiger partial charge on any atom is 0.194 e. The molecule has 1 aromatic rings. The molecule has 2 aliphatic heterocycles. The van der Waals surface area contributed by atoms with E-state index < -0.39 is 14.6 Å². The van der Waals surface area contributed by atoms with Crippen LogP contribution in [0.15, 0.2) is 23.2 Å². The third-order valence-electron chi connectivity index (χ3n) is 6.64. The molecular weight excluding hydrogens is 410 g/mol. The lowest BCUT2D eigenvalue weighted by Crippen LogP contribution is -2.57. The molecule has 0 saturated carbocycles. The van der Waals surface area contributed by atoms with Gasteiger partial charge >= 0.3 is 0 Å². The fourth-order valence-corrected chi connectivity index (χ4v) is 5.70. The number of benzene rings is 1. The highest BCUT2D eigenvalue weighted by molar-refractivity contribution is 7.92. The van der Waals surface area contributed by atoms with Crippen LogP contribution >= 0.6 is 0 Å². The number of rotatable bonds is 5. The topological polar surface area (TPSA) is 68.2 Å². The highest BCUT2D eigenvalue weighted by atomic mass is 32.2. The number of nitrogens with zero attached hydrogens (tertiary/aromatic N) is 4. The molecule has 2 fully saturated rings. The predicted molar refractivity (Wildman–Crippen MR) is 130 cm³/mol. The maximum absolute atomic E-state index is 12.3. The van der Waals surface area contributed by atoms with Crippen LogP contribution in [0.5, 0.6) is 0 Å². The second kappa shape index (κ2) is 9.77. The zero-order valence-corrected chi connectivity index (χ0v) is 20.6. The molecule has 0 radical (unpaired) electrons. The number of guanidine groups is 1. The van der Waals surface area contributed by atoms with Gasteiger partial charge in [-0.1, -0.05) is 12.1 Å². The van der Waals surface area contributed by atoms with Crippen LogP contribution < -0.4 is 10.2 Å². The lowest BCUT2D eigenvalue weighted by molar-refractivity contribution is 0.264.